The first-order chi connectivity index (χ1) is 6.53. The van der Waals surface area contributed by atoms with E-state index < -0.39 is 5.41 Å². The zero-order valence-corrected chi connectivity index (χ0v) is 9.49. The van der Waals surface area contributed by atoms with Crippen LogP contribution in [0.3, 0.4) is 0 Å². The van der Waals surface area contributed by atoms with Crippen molar-refractivity contribution in [2.75, 3.05) is 12.9 Å². The van der Waals surface area contributed by atoms with Gasteiger partial charge in [0, 0.05) is 15.9 Å². The van der Waals surface area contributed by atoms with E-state index in [1.165, 1.54) is 17.8 Å². The first-order valence-corrected chi connectivity index (χ1v) is 5.69. The van der Waals surface area contributed by atoms with Gasteiger partial charge in [-0.15, -0.1) is 11.8 Å². The van der Waals surface area contributed by atoms with Crippen LogP contribution in [0.2, 0.25) is 0 Å². The topological polar surface area (TPSA) is 20.2 Å². The zero-order valence-electron chi connectivity index (χ0n) is 8.67. The van der Waals surface area contributed by atoms with E-state index in [0.717, 1.165) is 4.90 Å². The maximum atomic E-state index is 13.6. The molecule has 0 spiro atoms. The molecule has 0 saturated heterocycles. The van der Waals surface area contributed by atoms with Gasteiger partial charge < -0.3 is 5.11 Å². The summed E-state index contributed by atoms with van der Waals surface area (Å²) in [5, 5.41) is 9.22. The lowest BCUT2D eigenvalue weighted by atomic mass is 9.85. The zero-order chi connectivity index (χ0) is 10.8. The second-order valence-corrected chi connectivity index (χ2v) is 4.71. The molecule has 0 atom stereocenters. The van der Waals surface area contributed by atoms with Crippen LogP contribution in [0, 0.1) is 5.82 Å². The van der Waals surface area contributed by atoms with Crippen molar-refractivity contribution < 1.29 is 9.50 Å². The number of benzene rings is 1. The Bertz CT molecular complexity index is 323. The maximum Gasteiger partial charge on any atom is 0.128 e. The number of halogens is 1. The van der Waals surface area contributed by atoms with Gasteiger partial charge in [0.15, 0.2) is 0 Å². The van der Waals surface area contributed by atoms with Crippen molar-refractivity contribution in [2.45, 2.75) is 24.2 Å². The normalized spacial score (nSPS) is 11.8. The molecular formula is C11H15FOS. The molecule has 1 nitrogen and oxygen atoms in total. The molecule has 0 fully saturated rings. The van der Waals surface area contributed by atoms with Crippen molar-refractivity contribution in [3.63, 3.8) is 0 Å². The van der Waals surface area contributed by atoms with Crippen molar-refractivity contribution in [1.82, 2.24) is 0 Å². The minimum atomic E-state index is -0.524. The highest BCUT2D eigenvalue weighted by Gasteiger charge is 2.25. The highest BCUT2D eigenvalue weighted by Crippen LogP contribution is 2.33. The van der Waals surface area contributed by atoms with Crippen LogP contribution >= 0.6 is 11.8 Å². The van der Waals surface area contributed by atoms with Gasteiger partial charge in [-0.3, -0.25) is 0 Å². The standard InChI is InChI=1S/C11H15FOS/c1-11(2,7-13)10-8(12)5-4-6-9(10)14-3/h4-6,13H,7H2,1-3H3. The predicted octanol–water partition coefficient (Wildman–Crippen LogP) is 2.82. The van der Waals surface area contributed by atoms with E-state index in [1.807, 2.05) is 26.2 Å². The molecule has 1 rings (SSSR count). The number of aliphatic hydroxyl groups excluding tert-OH is 1. The molecule has 1 aromatic carbocycles. The van der Waals surface area contributed by atoms with Crippen molar-refractivity contribution >= 4 is 11.8 Å². The van der Waals surface area contributed by atoms with Crippen LogP contribution in [0.4, 0.5) is 4.39 Å². The summed E-state index contributed by atoms with van der Waals surface area (Å²) >= 11 is 1.50. The van der Waals surface area contributed by atoms with Crippen LogP contribution in [0.15, 0.2) is 23.1 Å². The molecule has 0 heterocycles. The molecule has 0 saturated carbocycles. The van der Waals surface area contributed by atoms with E-state index in [4.69, 9.17) is 0 Å². The van der Waals surface area contributed by atoms with Crippen molar-refractivity contribution in [1.29, 1.82) is 0 Å². The van der Waals surface area contributed by atoms with Crippen LogP contribution in [0.1, 0.15) is 19.4 Å². The predicted molar refractivity (Wildman–Crippen MR) is 58.3 cm³/mol. The molecule has 14 heavy (non-hydrogen) atoms. The lowest BCUT2D eigenvalue weighted by Crippen LogP contribution is -2.24. The summed E-state index contributed by atoms with van der Waals surface area (Å²) in [6, 6.07) is 5.01. The van der Waals surface area contributed by atoms with E-state index in [1.54, 1.807) is 6.07 Å². The average Bonchev–Trinajstić information content (AvgIpc) is 2.17. The Kier molecular flexibility index (Phi) is 3.56. The summed E-state index contributed by atoms with van der Waals surface area (Å²) < 4.78 is 13.6. The molecule has 0 radical (unpaired) electrons. The van der Waals surface area contributed by atoms with E-state index >= 15 is 0 Å². The molecule has 1 aromatic rings. The van der Waals surface area contributed by atoms with Gasteiger partial charge in [-0.05, 0) is 18.4 Å². The van der Waals surface area contributed by atoms with Gasteiger partial charge in [0.1, 0.15) is 5.82 Å². The Morgan fingerprint density at radius 1 is 1.43 bits per heavy atom. The van der Waals surface area contributed by atoms with Crippen LogP contribution in [0.25, 0.3) is 0 Å². The molecule has 0 aliphatic carbocycles. The first-order valence-electron chi connectivity index (χ1n) is 4.47. The average molecular weight is 214 g/mol. The number of rotatable bonds is 3. The molecule has 0 amide bonds. The van der Waals surface area contributed by atoms with Gasteiger partial charge in [-0.2, -0.15) is 0 Å². The third-order valence-corrected chi connectivity index (χ3v) is 3.05. The number of aliphatic hydroxyl groups is 1. The quantitative estimate of drug-likeness (QED) is 0.781. The molecule has 0 bridgehead atoms. The van der Waals surface area contributed by atoms with Gasteiger partial charge >= 0.3 is 0 Å². The fourth-order valence-electron chi connectivity index (χ4n) is 1.41. The monoisotopic (exact) mass is 214 g/mol. The number of thioether (sulfide) groups is 1. The molecule has 0 aromatic heterocycles. The Hall–Kier alpha value is -0.540. The Morgan fingerprint density at radius 3 is 2.57 bits per heavy atom. The van der Waals surface area contributed by atoms with Gasteiger partial charge in [-0.25, -0.2) is 4.39 Å². The fourth-order valence-corrected chi connectivity index (χ4v) is 2.20. The van der Waals surface area contributed by atoms with E-state index in [2.05, 4.69) is 0 Å². The lowest BCUT2D eigenvalue weighted by molar-refractivity contribution is 0.213. The molecule has 78 valence electrons. The Labute approximate surface area is 88.3 Å². The second kappa shape index (κ2) is 4.32. The van der Waals surface area contributed by atoms with Gasteiger partial charge in [0.25, 0.3) is 0 Å². The van der Waals surface area contributed by atoms with Crippen LogP contribution in [-0.4, -0.2) is 18.0 Å². The molecule has 0 unspecified atom stereocenters. The highest BCUT2D eigenvalue weighted by atomic mass is 32.2. The lowest BCUT2D eigenvalue weighted by Gasteiger charge is -2.25. The molecule has 0 aliphatic heterocycles. The molecule has 1 N–H and O–H groups in total. The third kappa shape index (κ3) is 2.10. The summed E-state index contributed by atoms with van der Waals surface area (Å²) in [5.41, 5.74) is 0.0824. The molecular weight excluding hydrogens is 199 g/mol. The first kappa shape index (κ1) is 11.5. The SMILES string of the molecule is CSc1cccc(F)c1C(C)(C)CO. The largest absolute Gasteiger partial charge is 0.395 e. The smallest absolute Gasteiger partial charge is 0.128 e. The summed E-state index contributed by atoms with van der Waals surface area (Å²) in [7, 11) is 0. The van der Waals surface area contributed by atoms with Crippen molar-refractivity contribution in [3.05, 3.63) is 29.6 Å². The Balaban J connectivity index is 3.30. The Morgan fingerprint density at radius 2 is 2.07 bits per heavy atom. The minimum Gasteiger partial charge on any atom is -0.395 e. The molecule has 0 aliphatic rings. The summed E-state index contributed by atoms with van der Waals surface area (Å²) in [6.07, 6.45) is 1.91. The van der Waals surface area contributed by atoms with Gasteiger partial charge in [0.05, 0.1) is 6.61 Å². The maximum absolute atomic E-state index is 13.6. The van der Waals surface area contributed by atoms with E-state index in [0.29, 0.717) is 5.56 Å². The summed E-state index contributed by atoms with van der Waals surface area (Å²) in [5.74, 6) is -0.240. The third-order valence-electron chi connectivity index (χ3n) is 2.27. The van der Waals surface area contributed by atoms with E-state index in [-0.39, 0.29) is 12.4 Å². The summed E-state index contributed by atoms with van der Waals surface area (Å²) in [4.78, 5) is 0.893. The van der Waals surface area contributed by atoms with Crippen LogP contribution in [-0.2, 0) is 5.41 Å². The van der Waals surface area contributed by atoms with Crippen LogP contribution in [0.5, 0.6) is 0 Å². The second-order valence-electron chi connectivity index (χ2n) is 3.86. The van der Waals surface area contributed by atoms with Gasteiger partial charge in [0.2, 0.25) is 0 Å². The van der Waals surface area contributed by atoms with E-state index in [9.17, 15) is 9.50 Å². The van der Waals surface area contributed by atoms with Gasteiger partial charge in [-0.1, -0.05) is 19.9 Å². The summed E-state index contributed by atoms with van der Waals surface area (Å²) in [6.45, 7) is 3.62. The van der Waals surface area contributed by atoms with Crippen LogP contribution < -0.4 is 0 Å². The van der Waals surface area contributed by atoms with Crippen molar-refractivity contribution in [2.24, 2.45) is 0 Å². The number of hydrogen-bond acceptors (Lipinski definition) is 2. The molecule has 3 heteroatoms. The van der Waals surface area contributed by atoms with Crippen molar-refractivity contribution in [3.8, 4) is 0 Å². The minimum absolute atomic E-state index is 0.0541. The number of hydrogen-bond donors (Lipinski definition) is 1. The fraction of sp³-hybridized carbons (Fsp3) is 0.455. The highest BCUT2D eigenvalue weighted by molar-refractivity contribution is 7.98.